The molecule has 0 unspecified atom stereocenters. The standard InChI is InChI=1S/C14H17ClN4O/c15-12-3-2-11(10-13(12)17)14(20)19-8-6-18(7-9-19)5-1-4-16/h2-3,10H,1,5-9,17H2. The van der Waals surface area contributed by atoms with Crippen LogP contribution in [-0.4, -0.2) is 48.4 Å². The Kier molecular flexibility index (Phi) is 4.83. The fourth-order valence-corrected chi connectivity index (χ4v) is 2.36. The molecule has 1 saturated heterocycles. The van der Waals surface area contributed by atoms with Crippen LogP contribution in [0.15, 0.2) is 18.2 Å². The van der Waals surface area contributed by atoms with Crippen molar-refractivity contribution in [2.24, 2.45) is 0 Å². The Labute approximate surface area is 123 Å². The predicted molar refractivity (Wildman–Crippen MR) is 78.4 cm³/mol. The molecule has 1 aromatic carbocycles. The molecule has 0 atom stereocenters. The first-order valence-corrected chi connectivity index (χ1v) is 6.93. The van der Waals surface area contributed by atoms with E-state index < -0.39 is 0 Å². The van der Waals surface area contributed by atoms with E-state index in [9.17, 15) is 4.79 Å². The average molecular weight is 293 g/mol. The Hall–Kier alpha value is -1.77. The smallest absolute Gasteiger partial charge is 0.254 e. The van der Waals surface area contributed by atoms with Gasteiger partial charge in [0.2, 0.25) is 0 Å². The van der Waals surface area contributed by atoms with Gasteiger partial charge in [0, 0.05) is 44.7 Å². The first-order chi connectivity index (χ1) is 9.61. The number of hydrogen-bond donors (Lipinski definition) is 1. The molecule has 1 aliphatic rings. The van der Waals surface area contributed by atoms with Crippen LogP contribution < -0.4 is 5.73 Å². The van der Waals surface area contributed by atoms with E-state index in [4.69, 9.17) is 22.6 Å². The number of anilines is 1. The van der Waals surface area contributed by atoms with E-state index >= 15 is 0 Å². The van der Waals surface area contributed by atoms with E-state index in [0.717, 1.165) is 19.6 Å². The molecule has 0 aromatic heterocycles. The second kappa shape index (κ2) is 6.60. The largest absolute Gasteiger partial charge is 0.398 e. The van der Waals surface area contributed by atoms with Crippen LogP contribution >= 0.6 is 11.6 Å². The Morgan fingerprint density at radius 3 is 2.65 bits per heavy atom. The highest BCUT2D eigenvalue weighted by Crippen LogP contribution is 2.20. The average Bonchev–Trinajstić information content (AvgIpc) is 2.48. The van der Waals surface area contributed by atoms with E-state index in [2.05, 4.69) is 11.0 Å². The number of nitrogens with zero attached hydrogens (tertiary/aromatic N) is 3. The highest BCUT2D eigenvalue weighted by Gasteiger charge is 2.22. The number of amides is 1. The molecule has 0 spiro atoms. The lowest BCUT2D eigenvalue weighted by Gasteiger charge is -2.34. The zero-order chi connectivity index (χ0) is 14.5. The lowest BCUT2D eigenvalue weighted by molar-refractivity contribution is 0.0640. The Morgan fingerprint density at radius 1 is 1.35 bits per heavy atom. The van der Waals surface area contributed by atoms with Crippen molar-refractivity contribution < 1.29 is 4.79 Å². The van der Waals surface area contributed by atoms with Crippen LogP contribution in [0.4, 0.5) is 5.69 Å². The molecule has 1 heterocycles. The van der Waals surface area contributed by atoms with Crippen molar-refractivity contribution in [2.45, 2.75) is 6.42 Å². The molecule has 0 aliphatic carbocycles. The third kappa shape index (κ3) is 3.41. The highest BCUT2D eigenvalue weighted by molar-refractivity contribution is 6.33. The molecular weight excluding hydrogens is 276 g/mol. The van der Waals surface area contributed by atoms with Gasteiger partial charge in [-0.2, -0.15) is 5.26 Å². The highest BCUT2D eigenvalue weighted by atomic mass is 35.5. The summed E-state index contributed by atoms with van der Waals surface area (Å²) in [4.78, 5) is 16.3. The van der Waals surface area contributed by atoms with Crippen molar-refractivity contribution in [3.8, 4) is 6.07 Å². The quantitative estimate of drug-likeness (QED) is 0.859. The van der Waals surface area contributed by atoms with Crippen LogP contribution in [0.1, 0.15) is 16.8 Å². The van der Waals surface area contributed by atoms with Gasteiger partial charge in [-0.05, 0) is 18.2 Å². The number of halogens is 1. The van der Waals surface area contributed by atoms with E-state index in [-0.39, 0.29) is 5.91 Å². The van der Waals surface area contributed by atoms with Crippen LogP contribution in [-0.2, 0) is 0 Å². The molecule has 1 fully saturated rings. The van der Waals surface area contributed by atoms with Gasteiger partial charge in [0.05, 0.1) is 16.8 Å². The van der Waals surface area contributed by atoms with Crippen molar-refractivity contribution in [1.29, 1.82) is 5.26 Å². The molecule has 0 radical (unpaired) electrons. The van der Waals surface area contributed by atoms with Gasteiger partial charge >= 0.3 is 0 Å². The summed E-state index contributed by atoms with van der Waals surface area (Å²) in [6.07, 6.45) is 0.529. The zero-order valence-electron chi connectivity index (χ0n) is 11.2. The first-order valence-electron chi connectivity index (χ1n) is 6.55. The maximum Gasteiger partial charge on any atom is 0.254 e. The summed E-state index contributed by atoms with van der Waals surface area (Å²) in [5, 5.41) is 9.03. The first kappa shape index (κ1) is 14.6. The maximum absolute atomic E-state index is 12.3. The molecule has 6 heteroatoms. The van der Waals surface area contributed by atoms with Crippen molar-refractivity contribution in [3.05, 3.63) is 28.8 Å². The summed E-state index contributed by atoms with van der Waals surface area (Å²) in [5.41, 5.74) is 6.71. The van der Waals surface area contributed by atoms with Gasteiger partial charge in [-0.15, -0.1) is 0 Å². The predicted octanol–water partition coefficient (Wildman–Crippen LogP) is 1.59. The summed E-state index contributed by atoms with van der Waals surface area (Å²) >= 11 is 5.86. The van der Waals surface area contributed by atoms with Gasteiger partial charge in [-0.3, -0.25) is 9.69 Å². The number of nitrogen functional groups attached to an aromatic ring is 1. The van der Waals surface area contributed by atoms with Gasteiger partial charge in [-0.1, -0.05) is 11.6 Å². The number of benzene rings is 1. The third-order valence-electron chi connectivity index (χ3n) is 3.44. The summed E-state index contributed by atoms with van der Waals surface area (Å²) in [6, 6.07) is 7.10. The van der Waals surface area contributed by atoms with Crippen LogP contribution in [0, 0.1) is 11.3 Å². The van der Waals surface area contributed by atoms with Gasteiger partial charge < -0.3 is 10.6 Å². The summed E-state index contributed by atoms with van der Waals surface area (Å²) in [5.74, 6) is -0.0201. The second-order valence-electron chi connectivity index (χ2n) is 4.78. The molecule has 0 bridgehead atoms. The van der Waals surface area contributed by atoms with Gasteiger partial charge in [0.15, 0.2) is 0 Å². The van der Waals surface area contributed by atoms with Gasteiger partial charge in [-0.25, -0.2) is 0 Å². The Morgan fingerprint density at radius 2 is 2.05 bits per heavy atom. The lowest BCUT2D eigenvalue weighted by atomic mass is 10.1. The van der Waals surface area contributed by atoms with Crippen molar-refractivity contribution >= 4 is 23.2 Å². The number of rotatable bonds is 3. The Balaban J connectivity index is 1.94. The number of piperazine rings is 1. The molecule has 106 valence electrons. The minimum absolute atomic E-state index is 0.0201. The molecule has 1 amide bonds. The molecule has 1 aromatic rings. The molecule has 0 saturated carbocycles. The van der Waals surface area contributed by atoms with Crippen LogP contribution in [0.25, 0.3) is 0 Å². The van der Waals surface area contributed by atoms with Crippen LogP contribution in [0.2, 0.25) is 5.02 Å². The number of nitriles is 1. The van der Waals surface area contributed by atoms with E-state index in [1.807, 2.05) is 4.90 Å². The summed E-state index contributed by atoms with van der Waals surface area (Å²) < 4.78 is 0. The van der Waals surface area contributed by atoms with Gasteiger partial charge in [0.25, 0.3) is 5.91 Å². The third-order valence-corrected chi connectivity index (χ3v) is 3.79. The SMILES string of the molecule is N#CCCN1CCN(C(=O)c2ccc(Cl)c(N)c2)CC1. The van der Waals surface area contributed by atoms with Crippen molar-refractivity contribution in [3.63, 3.8) is 0 Å². The number of nitrogens with two attached hydrogens (primary N) is 1. The zero-order valence-corrected chi connectivity index (χ0v) is 11.9. The van der Waals surface area contributed by atoms with E-state index in [1.165, 1.54) is 0 Å². The molecule has 5 nitrogen and oxygen atoms in total. The van der Waals surface area contributed by atoms with Crippen LogP contribution in [0.5, 0.6) is 0 Å². The normalized spacial score (nSPS) is 15.9. The summed E-state index contributed by atoms with van der Waals surface area (Å²) in [6.45, 7) is 3.72. The topological polar surface area (TPSA) is 73.4 Å². The van der Waals surface area contributed by atoms with Crippen LogP contribution in [0.3, 0.4) is 0 Å². The van der Waals surface area contributed by atoms with Crippen molar-refractivity contribution in [1.82, 2.24) is 9.80 Å². The molecule has 2 rings (SSSR count). The molecule has 20 heavy (non-hydrogen) atoms. The second-order valence-corrected chi connectivity index (χ2v) is 5.19. The minimum Gasteiger partial charge on any atom is -0.398 e. The van der Waals surface area contributed by atoms with Gasteiger partial charge in [0.1, 0.15) is 0 Å². The minimum atomic E-state index is -0.0201. The van der Waals surface area contributed by atoms with E-state index in [1.54, 1.807) is 18.2 Å². The van der Waals surface area contributed by atoms with Crippen molar-refractivity contribution in [2.75, 3.05) is 38.5 Å². The molecule has 1 aliphatic heterocycles. The summed E-state index contributed by atoms with van der Waals surface area (Å²) in [7, 11) is 0. The fraction of sp³-hybridized carbons (Fsp3) is 0.429. The van der Waals surface area contributed by atoms with E-state index in [0.29, 0.717) is 35.8 Å². The molecule has 2 N–H and O–H groups in total. The Bertz CT molecular complexity index is 532. The lowest BCUT2D eigenvalue weighted by Crippen LogP contribution is -2.48. The molecular formula is C14H17ClN4O. The maximum atomic E-state index is 12.3. The fourth-order valence-electron chi connectivity index (χ4n) is 2.24. The number of carbonyl (C=O) groups excluding carboxylic acids is 1. The number of hydrogen-bond acceptors (Lipinski definition) is 4. The number of carbonyl (C=O) groups is 1. The monoisotopic (exact) mass is 292 g/mol.